The Hall–Kier alpha value is -5.28. The standard InChI is InChI=1S/2C10H12N2O3.C4H4N2O3.C3H6O.2CH4/c2*1-5-4-10(2,3)15-8-6(5)7(13)11-9(14)12-8;7-2-1-3(8)6-4(9)5-2;1-3(2)4;;/h2*4H,1-3H3,(H2,11,12,13,14);1H2,(H2,5,6,7,8,9);1-2H3;2*1H4. The molecule has 45 heavy (non-hydrogen) atoms. The summed E-state index contributed by atoms with van der Waals surface area (Å²) in [7, 11) is 0. The van der Waals surface area contributed by atoms with Gasteiger partial charge < -0.3 is 14.3 Å². The summed E-state index contributed by atoms with van der Waals surface area (Å²) in [5.74, 6) is -0.449. The van der Waals surface area contributed by atoms with Crippen molar-refractivity contribution in [3.63, 3.8) is 0 Å². The minimum atomic E-state index is -0.740. The summed E-state index contributed by atoms with van der Waals surface area (Å²) < 4.78 is 11.0. The van der Waals surface area contributed by atoms with E-state index in [-0.39, 0.29) is 38.8 Å². The highest BCUT2D eigenvalue weighted by molar-refractivity contribution is 6.14. The molecule has 3 aliphatic rings. The molecule has 16 nitrogen and oxygen atoms in total. The van der Waals surface area contributed by atoms with Gasteiger partial charge in [-0.05, 0) is 78.7 Å². The van der Waals surface area contributed by atoms with E-state index in [1.54, 1.807) is 0 Å². The molecular weight excluding hydrogens is 592 g/mol. The third-order valence-electron chi connectivity index (χ3n) is 5.29. The quantitative estimate of drug-likeness (QED) is 0.230. The average molecular weight is 635 g/mol. The number of nitrogens with one attached hydrogen (secondary N) is 6. The number of ether oxygens (including phenoxy) is 2. The van der Waals surface area contributed by atoms with Crippen molar-refractivity contribution in [2.24, 2.45) is 0 Å². The van der Waals surface area contributed by atoms with Gasteiger partial charge in [0, 0.05) is 0 Å². The highest BCUT2D eigenvalue weighted by atomic mass is 16.5. The largest absolute Gasteiger partial charge is 0.468 e. The summed E-state index contributed by atoms with van der Waals surface area (Å²) in [4.78, 5) is 94.7. The molecule has 1 fully saturated rings. The molecule has 0 atom stereocenters. The second kappa shape index (κ2) is 15.4. The number of fused-ring (bicyclic) bond motifs is 2. The van der Waals surface area contributed by atoms with Crippen LogP contribution in [0.2, 0.25) is 0 Å². The minimum Gasteiger partial charge on any atom is -0.468 e. The molecule has 0 aromatic carbocycles. The molecule has 5 heterocycles. The summed E-state index contributed by atoms with van der Waals surface area (Å²) in [6, 6.07) is -0.740. The van der Waals surface area contributed by atoms with Crippen LogP contribution in [0.3, 0.4) is 0 Å². The van der Waals surface area contributed by atoms with Crippen LogP contribution < -0.4 is 42.6 Å². The molecule has 4 amide bonds. The number of Topliss-reactive ketones (excluding diaryl/α,β-unsaturated/α-hetero) is 1. The summed E-state index contributed by atoms with van der Waals surface area (Å²) >= 11 is 0. The van der Waals surface area contributed by atoms with Gasteiger partial charge in [0.05, 0.1) is 0 Å². The molecule has 0 spiro atoms. The van der Waals surface area contributed by atoms with E-state index in [4.69, 9.17) is 9.47 Å². The molecule has 3 aliphatic heterocycles. The fourth-order valence-electron chi connectivity index (χ4n) is 4.09. The van der Waals surface area contributed by atoms with Crippen molar-refractivity contribution in [2.75, 3.05) is 0 Å². The van der Waals surface area contributed by atoms with E-state index in [0.717, 1.165) is 11.1 Å². The number of ketones is 1. The zero-order chi connectivity index (χ0) is 32.9. The van der Waals surface area contributed by atoms with Crippen molar-refractivity contribution in [3.8, 4) is 11.8 Å². The van der Waals surface area contributed by atoms with Gasteiger partial charge in [-0.25, -0.2) is 14.4 Å². The van der Waals surface area contributed by atoms with E-state index >= 15 is 0 Å². The molecule has 2 aromatic rings. The van der Waals surface area contributed by atoms with Crippen LogP contribution in [0.25, 0.3) is 11.1 Å². The Bertz CT molecular complexity index is 1600. The number of allylic oxidation sites excluding steroid dienone is 2. The number of H-pyrrole nitrogens is 4. The first-order valence-electron chi connectivity index (χ1n) is 12.8. The van der Waals surface area contributed by atoms with E-state index in [1.165, 1.54) is 13.8 Å². The Morgan fingerprint density at radius 2 is 0.956 bits per heavy atom. The van der Waals surface area contributed by atoms with Crippen LogP contribution in [0.1, 0.15) is 87.8 Å². The van der Waals surface area contributed by atoms with Gasteiger partial charge in [-0.1, -0.05) is 14.9 Å². The Balaban J connectivity index is 0.000000612. The van der Waals surface area contributed by atoms with Gasteiger partial charge in [0.25, 0.3) is 11.1 Å². The summed E-state index contributed by atoms with van der Waals surface area (Å²) in [6.45, 7) is 14.1. The third kappa shape index (κ3) is 11.7. The van der Waals surface area contributed by atoms with Crippen molar-refractivity contribution in [2.45, 2.75) is 87.9 Å². The Labute approximate surface area is 258 Å². The molecule has 6 N–H and O–H groups in total. The molecule has 1 saturated heterocycles. The predicted octanol–water partition coefficient (Wildman–Crippen LogP) is 1.89. The van der Waals surface area contributed by atoms with Crippen molar-refractivity contribution in [1.29, 1.82) is 0 Å². The topological polar surface area (TPSA) is 242 Å². The molecule has 0 aliphatic carbocycles. The predicted molar refractivity (Wildman–Crippen MR) is 168 cm³/mol. The molecule has 0 unspecified atom stereocenters. The number of carbonyl (C=O) groups excluding carboxylic acids is 4. The second-order valence-electron chi connectivity index (χ2n) is 10.8. The highest BCUT2D eigenvalue weighted by Crippen LogP contribution is 2.31. The maximum absolute atomic E-state index is 11.5. The number of carbonyl (C=O) groups is 4. The number of amides is 4. The number of rotatable bonds is 0. The van der Waals surface area contributed by atoms with Gasteiger partial charge in [0.2, 0.25) is 23.6 Å². The van der Waals surface area contributed by atoms with Crippen molar-refractivity contribution in [1.82, 2.24) is 30.6 Å². The van der Waals surface area contributed by atoms with E-state index in [9.17, 15) is 38.4 Å². The second-order valence-corrected chi connectivity index (χ2v) is 10.8. The Morgan fingerprint density at radius 3 is 1.24 bits per heavy atom. The fourth-order valence-corrected chi connectivity index (χ4v) is 4.09. The van der Waals surface area contributed by atoms with Crippen LogP contribution in [-0.2, 0) is 14.4 Å². The van der Waals surface area contributed by atoms with Crippen LogP contribution in [0.15, 0.2) is 31.3 Å². The Kier molecular flexibility index (Phi) is 13.6. The van der Waals surface area contributed by atoms with Crippen LogP contribution in [0.4, 0.5) is 4.79 Å². The van der Waals surface area contributed by atoms with Crippen molar-refractivity contribution < 1.29 is 28.7 Å². The smallest absolute Gasteiger partial charge is 0.328 e. The monoisotopic (exact) mass is 634 g/mol. The number of hydrogen-bond donors (Lipinski definition) is 6. The maximum Gasteiger partial charge on any atom is 0.328 e. The first-order valence-corrected chi connectivity index (χ1v) is 12.8. The molecule has 0 saturated carbocycles. The molecule has 2 aromatic heterocycles. The SMILES string of the molecule is C.C.CC(C)=O.CC1=CC(C)(C)Oc2[nH]c(=O)[nH]c(=O)c21.CC1=CC(C)(C)Oc2[nH]c(=O)[nH]c(=O)c21.O=C1CC(=O)NC(=O)N1. The molecule has 0 radical (unpaired) electrons. The number of aromatic nitrogens is 4. The molecular formula is C29H42N6O10. The van der Waals surface area contributed by atoms with Gasteiger partial charge in [-0.15, -0.1) is 0 Å². The number of hydrogen-bond acceptors (Lipinski definition) is 10. The van der Waals surface area contributed by atoms with Gasteiger partial charge in [-0.3, -0.25) is 49.7 Å². The number of barbiturate groups is 1. The lowest BCUT2D eigenvalue weighted by atomic mass is 9.99. The van der Waals surface area contributed by atoms with Crippen LogP contribution >= 0.6 is 0 Å². The zero-order valence-electron chi connectivity index (χ0n) is 24.9. The number of imide groups is 2. The average Bonchev–Trinajstić information content (AvgIpc) is 2.75. The maximum atomic E-state index is 11.5. The lowest BCUT2D eigenvalue weighted by Crippen LogP contribution is -2.49. The summed E-state index contributed by atoms with van der Waals surface area (Å²) in [6.07, 6.45) is 3.44. The molecule has 16 heteroatoms. The van der Waals surface area contributed by atoms with Gasteiger partial charge >= 0.3 is 17.4 Å². The number of aromatic amines is 4. The normalized spacial score (nSPS) is 16.1. The van der Waals surface area contributed by atoms with Gasteiger partial charge in [-0.2, -0.15) is 0 Å². The van der Waals surface area contributed by atoms with E-state index in [1.807, 2.05) is 64.3 Å². The molecule has 248 valence electrons. The Morgan fingerprint density at radius 1 is 0.644 bits per heavy atom. The lowest BCUT2D eigenvalue weighted by molar-refractivity contribution is -0.129. The van der Waals surface area contributed by atoms with E-state index < -0.39 is 51.5 Å². The molecule has 5 rings (SSSR count). The fraction of sp³-hybridized carbons (Fsp3) is 0.448. The lowest BCUT2D eigenvalue weighted by Gasteiger charge is -2.28. The van der Waals surface area contributed by atoms with Crippen LogP contribution in [-0.4, -0.2) is 54.8 Å². The highest BCUT2D eigenvalue weighted by Gasteiger charge is 2.28. The van der Waals surface area contributed by atoms with Crippen LogP contribution in [0, 0.1) is 0 Å². The third-order valence-corrected chi connectivity index (χ3v) is 5.29. The number of urea groups is 1. The van der Waals surface area contributed by atoms with E-state index in [2.05, 4.69) is 19.9 Å². The first-order chi connectivity index (χ1) is 19.7. The van der Waals surface area contributed by atoms with Gasteiger partial charge in [0.1, 0.15) is 34.5 Å². The van der Waals surface area contributed by atoms with Crippen molar-refractivity contribution >= 4 is 34.8 Å². The molecule has 0 bridgehead atoms. The van der Waals surface area contributed by atoms with Gasteiger partial charge in [0.15, 0.2) is 0 Å². The van der Waals surface area contributed by atoms with E-state index in [0.29, 0.717) is 11.1 Å². The minimum absolute atomic E-state index is 0. The van der Waals surface area contributed by atoms with Crippen LogP contribution in [0.5, 0.6) is 11.8 Å². The first kappa shape index (κ1) is 39.7. The summed E-state index contributed by atoms with van der Waals surface area (Å²) in [5, 5.41) is 3.80. The summed E-state index contributed by atoms with van der Waals surface area (Å²) in [5.41, 5.74) is -0.549. The zero-order valence-corrected chi connectivity index (χ0v) is 24.9. The van der Waals surface area contributed by atoms with Crippen molar-refractivity contribution in [3.05, 3.63) is 65.0 Å².